The topological polar surface area (TPSA) is 89.3 Å². The molecule has 168 valence electrons. The van der Waals surface area contributed by atoms with Crippen molar-refractivity contribution in [3.05, 3.63) is 81.7 Å². The lowest BCUT2D eigenvalue weighted by atomic mass is 10.1. The van der Waals surface area contributed by atoms with Gasteiger partial charge in [0.05, 0.1) is 16.9 Å². The SMILES string of the molecule is CC(Oc1cc(NCCCNC(=O)c2ccccc2)cnc1N)c1c(Cl)ccc(F)c1Cl. The van der Waals surface area contributed by atoms with E-state index >= 15 is 0 Å². The first-order valence-electron chi connectivity index (χ1n) is 9.99. The Morgan fingerprint density at radius 3 is 2.69 bits per heavy atom. The number of nitrogens with two attached hydrogens (primary N) is 1. The Hall–Kier alpha value is -3.03. The minimum Gasteiger partial charge on any atom is -0.482 e. The van der Waals surface area contributed by atoms with E-state index in [1.54, 1.807) is 31.3 Å². The van der Waals surface area contributed by atoms with Crippen molar-refractivity contribution >= 4 is 40.6 Å². The van der Waals surface area contributed by atoms with Gasteiger partial charge in [0, 0.05) is 35.3 Å². The van der Waals surface area contributed by atoms with Gasteiger partial charge in [-0.05, 0) is 37.6 Å². The van der Waals surface area contributed by atoms with Crippen molar-refractivity contribution in [3.63, 3.8) is 0 Å². The lowest BCUT2D eigenvalue weighted by Crippen LogP contribution is -2.25. The fraction of sp³-hybridized carbons (Fsp3) is 0.217. The van der Waals surface area contributed by atoms with Gasteiger partial charge >= 0.3 is 0 Å². The van der Waals surface area contributed by atoms with E-state index in [1.807, 2.05) is 18.2 Å². The smallest absolute Gasteiger partial charge is 0.251 e. The number of hydrogen-bond donors (Lipinski definition) is 3. The van der Waals surface area contributed by atoms with Gasteiger partial charge in [-0.1, -0.05) is 41.4 Å². The zero-order valence-corrected chi connectivity index (χ0v) is 18.9. The molecule has 2 aromatic carbocycles. The van der Waals surface area contributed by atoms with Gasteiger partial charge in [-0.15, -0.1) is 0 Å². The monoisotopic (exact) mass is 476 g/mol. The third-order valence-electron chi connectivity index (χ3n) is 4.68. The average molecular weight is 477 g/mol. The Labute approximate surface area is 195 Å². The van der Waals surface area contributed by atoms with Crippen LogP contribution in [-0.2, 0) is 0 Å². The van der Waals surface area contributed by atoms with Crippen molar-refractivity contribution in [2.75, 3.05) is 24.1 Å². The number of hydrogen-bond acceptors (Lipinski definition) is 5. The van der Waals surface area contributed by atoms with Crippen LogP contribution >= 0.6 is 23.2 Å². The number of amides is 1. The maximum absolute atomic E-state index is 13.8. The molecule has 0 bridgehead atoms. The maximum Gasteiger partial charge on any atom is 0.251 e. The van der Waals surface area contributed by atoms with Crippen LogP contribution in [0.4, 0.5) is 15.9 Å². The summed E-state index contributed by atoms with van der Waals surface area (Å²) in [6.07, 6.45) is 1.62. The third kappa shape index (κ3) is 6.02. The second-order valence-electron chi connectivity index (χ2n) is 7.03. The number of nitrogens with zero attached hydrogens (tertiary/aromatic N) is 1. The van der Waals surface area contributed by atoms with Crippen LogP contribution in [0.2, 0.25) is 10.0 Å². The third-order valence-corrected chi connectivity index (χ3v) is 5.39. The summed E-state index contributed by atoms with van der Waals surface area (Å²) in [7, 11) is 0. The number of anilines is 2. The largest absolute Gasteiger partial charge is 0.482 e. The van der Waals surface area contributed by atoms with Gasteiger partial charge in [0.1, 0.15) is 11.9 Å². The molecule has 0 saturated heterocycles. The number of ether oxygens (including phenoxy) is 1. The summed E-state index contributed by atoms with van der Waals surface area (Å²) < 4.78 is 19.7. The van der Waals surface area contributed by atoms with Crippen LogP contribution < -0.4 is 21.1 Å². The molecule has 4 N–H and O–H groups in total. The fourth-order valence-corrected chi connectivity index (χ4v) is 3.70. The molecule has 0 radical (unpaired) electrons. The van der Waals surface area contributed by atoms with E-state index in [0.29, 0.717) is 47.1 Å². The van der Waals surface area contributed by atoms with Crippen LogP contribution in [0.3, 0.4) is 0 Å². The van der Waals surface area contributed by atoms with Crippen molar-refractivity contribution < 1.29 is 13.9 Å². The average Bonchev–Trinajstić information content (AvgIpc) is 2.79. The number of benzene rings is 2. The Kier molecular flexibility index (Phi) is 8.14. The highest BCUT2D eigenvalue weighted by atomic mass is 35.5. The van der Waals surface area contributed by atoms with Gasteiger partial charge in [0.2, 0.25) is 0 Å². The predicted molar refractivity (Wildman–Crippen MR) is 126 cm³/mol. The first-order chi connectivity index (χ1) is 15.4. The van der Waals surface area contributed by atoms with Crippen LogP contribution in [0.5, 0.6) is 5.75 Å². The molecule has 32 heavy (non-hydrogen) atoms. The Bertz CT molecular complexity index is 1080. The molecule has 9 heteroatoms. The van der Waals surface area contributed by atoms with Gasteiger partial charge in [-0.3, -0.25) is 4.79 Å². The van der Waals surface area contributed by atoms with Crippen molar-refractivity contribution in [2.24, 2.45) is 0 Å². The lowest BCUT2D eigenvalue weighted by Gasteiger charge is -2.19. The molecule has 0 fully saturated rings. The number of carbonyl (C=O) groups is 1. The zero-order valence-electron chi connectivity index (χ0n) is 17.4. The van der Waals surface area contributed by atoms with E-state index in [9.17, 15) is 9.18 Å². The van der Waals surface area contributed by atoms with E-state index in [4.69, 9.17) is 33.7 Å². The molecule has 1 unspecified atom stereocenters. The van der Waals surface area contributed by atoms with E-state index < -0.39 is 11.9 Å². The molecular formula is C23H23Cl2FN4O2. The van der Waals surface area contributed by atoms with E-state index in [1.165, 1.54) is 12.1 Å². The molecule has 1 atom stereocenters. The molecule has 0 aliphatic carbocycles. The Balaban J connectivity index is 1.54. The highest BCUT2D eigenvalue weighted by molar-refractivity contribution is 6.36. The second-order valence-corrected chi connectivity index (χ2v) is 7.81. The maximum atomic E-state index is 13.8. The summed E-state index contributed by atoms with van der Waals surface area (Å²) in [6, 6.07) is 13.4. The predicted octanol–water partition coefficient (Wildman–Crippen LogP) is 5.48. The van der Waals surface area contributed by atoms with Gasteiger partial charge < -0.3 is 21.1 Å². The normalized spacial score (nSPS) is 11.6. The Morgan fingerprint density at radius 1 is 1.19 bits per heavy atom. The van der Waals surface area contributed by atoms with Crippen LogP contribution in [0, 0.1) is 5.82 Å². The number of nitrogens with one attached hydrogen (secondary N) is 2. The minimum absolute atomic E-state index is 0.0941. The number of carbonyl (C=O) groups excluding carboxylic acids is 1. The highest BCUT2D eigenvalue weighted by Crippen LogP contribution is 2.36. The summed E-state index contributed by atoms with van der Waals surface area (Å²) in [5.74, 6) is -0.195. The molecule has 3 aromatic rings. The molecule has 0 spiro atoms. The van der Waals surface area contributed by atoms with E-state index in [-0.39, 0.29) is 16.7 Å². The quantitative estimate of drug-likeness (QED) is 0.281. The molecule has 1 aromatic heterocycles. The van der Waals surface area contributed by atoms with Crippen molar-refractivity contribution in [2.45, 2.75) is 19.4 Å². The molecule has 1 amide bonds. The summed E-state index contributed by atoms with van der Waals surface area (Å²) in [5, 5.41) is 6.28. The number of rotatable bonds is 9. The van der Waals surface area contributed by atoms with Gasteiger partial charge in [0.15, 0.2) is 11.6 Å². The first kappa shape index (κ1) is 23.6. The van der Waals surface area contributed by atoms with Crippen molar-refractivity contribution in [1.82, 2.24) is 10.3 Å². The molecule has 0 aliphatic rings. The summed E-state index contributed by atoms with van der Waals surface area (Å²) in [5.41, 5.74) is 7.58. The molecule has 0 aliphatic heterocycles. The van der Waals surface area contributed by atoms with Gasteiger partial charge in [-0.2, -0.15) is 0 Å². The molecule has 6 nitrogen and oxygen atoms in total. The Morgan fingerprint density at radius 2 is 1.94 bits per heavy atom. The fourth-order valence-electron chi connectivity index (χ4n) is 3.03. The number of halogens is 3. The summed E-state index contributed by atoms with van der Waals surface area (Å²) in [4.78, 5) is 16.2. The second kappa shape index (κ2) is 11.0. The summed E-state index contributed by atoms with van der Waals surface area (Å²) in [6.45, 7) is 2.80. The van der Waals surface area contributed by atoms with Crippen LogP contribution in [0.1, 0.15) is 35.4 Å². The zero-order chi connectivity index (χ0) is 23.1. The number of nitrogen functional groups attached to an aromatic ring is 1. The molecule has 1 heterocycles. The van der Waals surface area contributed by atoms with E-state index in [2.05, 4.69) is 15.6 Å². The summed E-state index contributed by atoms with van der Waals surface area (Å²) >= 11 is 12.2. The van der Waals surface area contributed by atoms with Gasteiger partial charge in [-0.25, -0.2) is 9.37 Å². The minimum atomic E-state index is -0.654. The molecule has 3 rings (SSSR count). The molecular weight excluding hydrogens is 454 g/mol. The van der Waals surface area contributed by atoms with Crippen molar-refractivity contribution in [3.8, 4) is 5.75 Å². The van der Waals surface area contributed by atoms with Crippen LogP contribution in [0.15, 0.2) is 54.7 Å². The first-order valence-corrected chi connectivity index (χ1v) is 10.7. The molecule has 0 saturated carbocycles. The number of pyridine rings is 1. The van der Waals surface area contributed by atoms with Crippen LogP contribution in [-0.4, -0.2) is 24.0 Å². The van der Waals surface area contributed by atoms with Crippen molar-refractivity contribution in [1.29, 1.82) is 0 Å². The lowest BCUT2D eigenvalue weighted by molar-refractivity contribution is 0.0953. The van der Waals surface area contributed by atoms with Crippen LogP contribution in [0.25, 0.3) is 0 Å². The van der Waals surface area contributed by atoms with E-state index in [0.717, 1.165) is 0 Å². The highest BCUT2D eigenvalue weighted by Gasteiger charge is 2.20. The number of aromatic nitrogens is 1. The standard InChI is InChI=1S/C23H23Cl2FN4O2/c1-14(20-17(24)8-9-18(26)21(20)25)32-19-12-16(13-30-22(19)27)28-10-5-11-29-23(31)15-6-3-2-4-7-15/h2-4,6-9,12-14,28H,5,10-11H2,1H3,(H2,27,30)(H,29,31). The van der Waals surface area contributed by atoms with Gasteiger partial charge in [0.25, 0.3) is 5.91 Å².